The number of benzene rings is 2. The highest BCUT2D eigenvalue weighted by Crippen LogP contribution is 2.20. The molecule has 1 unspecified atom stereocenters. The first-order valence-corrected chi connectivity index (χ1v) is 7.24. The highest BCUT2D eigenvalue weighted by Gasteiger charge is 2.10. The fraction of sp³-hybridized carbons (Fsp3) is 0.353. The van der Waals surface area contributed by atoms with Crippen LogP contribution in [0.4, 0.5) is 0 Å². The van der Waals surface area contributed by atoms with E-state index in [4.69, 9.17) is 4.74 Å². The highest BCUT2D eigenvalue weighted by atomic mass is 35.5. The topological polar surface area (TPSA) is 50.4 Å². The van der Waals surface area contributed by atoms with Crippen molar-refractivity contribution in [1.82, 2.24) is 10.6 Å². The van der Waals surface area contributed by atoms with Gasteiger partial charge in [-0.05, 0) is 30.0 Å². The molecule has 0 spiro atoms. The number of halogens is 1. The van der Waals surface area contributed by atoms with Gasteiger partial charge in [0.25, 0.3) is 0 Å². The van der Waals surface area contributed by atoms with Gasteiger partial charge in [0, 0.05) is 12.5 Å². The van der Waals surface area contributed by atoms with Crippen molar-refractivity contribution in [3.63, 3.8) is 0 Å². The van der Waals surface area contributed by atoms with E-state index in [1.165, 1.54) is 5.39 Å². The van der Waals surface area contributed by atoms with Crippen LogP contribution in [0.2, 0.25) is 0 Å². The van der Waals surface area contributed by atoms with Gasteiger partial charge in [-0.25, -0.2) is 0 Å². The second kappa shape index (κ2) is 9.28. The summed E-state index contributed by atoms with van der Waals surface area (Å²) in [7, 11) is 1.84. The third-order valence-electron chi connectivity index (χ3n) is 3.35. The summed E-state index contributed by atoms with van der Waals surface area (Å²) in [6.45, 7) is 3.56. The lowest BCUT2D eigenvalue weighted by Crippen LogP contribution is -2.36. The lowest BCUT2D eigenvalue weighted by Gasteiger charge is -2.12. The molecule has 1 amide bonds. The monoisotopic (exact) mass is 322 g/mol. The molecule has 4 nitrogen and oxygen atoms in total. The van der Waals surface area contributed by atoms with Gasteiger partial charge in [-0.1, -0.05) is 37.3 Å². The minimum atomic E-state index is -0.0318. The first kappa shape index (κ1) is 18.3. The van der Waals surface area contributed by atoms with E-state index in [0.717, 1.165) is 11.1 Å². The number of carbonyl (C=O) groups excluding carboxylic acids is 1. The number of ether oxygens (including phenoxy) is 1. The zero-order valence-electron chi connectivity index (χ0n) is 13.0. The van der Waals surface area contributed by atoms with Crippen LogP contribution in [-0.4, -0.2) is 32.7 Å². The van der Waals surface area contributed by atoms with E-state index in [2.05, 4.69) is 22.8 Å². The number of hydrogen-bond acceptors (Lipinski definition) is 3. The van der Waals surface area contributed by atoms with Gasteiger partial charge in [-0.3, -0.25) is 4.79 Å². The molecule has 2 aromatic rings. The zero-order chi connectivity index (χ0) is 15.1. The molecule has 2 aromatic carbocycles. The second-order valence-electron chi connectivity index (χ2n) is 5.11. The lowest BCUT2D eigenvalue weighted by atomic mass is 10.1. The van der Waals surface area contributed by atoms with Crippen molar-refractivity contribution < 1.29 is 9.53 Å². The number of nitrogens with one attached hydrogen (secondary N) is 2. The van der Waals surface area contributed by atoms with Gasteiger partial charge in [0.1, 0.15) is 12.4 Å². The molecule has 0 aliphatic rings. The first-order chi connectivity index (χ1) is 10.2. The van der Waals surface area contributed by atoms with Crippen molar-refractivity contribution in [3.8, 4) is 5.75 Å². The molecule has 0 aliphatic heterocycles. The third-order valence-corrected chi connectivity index (χ3v) is 3.35. The number of hydrogen-bond donors (Lipinski definition) is 2. The molecule has 0 saturated heterocycles. The van der Waals surface area contributed by atoms with Crippen LogP contribution in [0.3, 0.4) is 0 Å². The summed E-state index contributed by atoms with van der Waals surface area (Å²) >= 11 is 0. The Morgan fingerprint density at radius 3 is 2.64 bits per heavy atom. The molecule has 0 aliphatic carbocycles. The average Bonchev–Trinajstić information content (AvgIpc) is 2.51. The largest absolute Gasteiger partial charge is 0.492 e. The molecule has 0 saturated carbocycles. The molecular formula is C17H23ClN2O2. The third kappa shape index (κ3) is 5.20. The van der Waals surface area contributed by atoms with Gasteiger partial charge in [0.15, 0.2) is 0 Å². The fourth-order valence-electron chi connectivity index (χ4n) is 2.17. The standard InChI is InChI=1S/C17H22N2O2.ClH/c1-13(12-18-2)17(20)19-9-10-21-16-8-7-14-5-3-4-6-15(14)11-16;/h3-8,11,13,18H,9-10,12H2,1-2H3,(H,19,20);1H. The minimum Gasteiger partial charge on any atom is -0.492 e. The second-order valence-corrected chi connectivity index (χ2v) is 5.11. The highest BCUT2D eigenvalue weighted by molar-refractivity contribution is 5.85. The Morgan fingerprint density at radius 1 is 1.18 bits per heavy atom. The molecule has 0 radical (unpaired) electrons. The Hall–Kier alpha value is -1.78. The van der Waals surface area contributed by atoms with Gasteiger partial charge in [-0.15, -0.1) is 12.4 Å². The van der Waals surface area contributed by atoms with Crippen LogP contribution in [-0.2, 0) is 4.79 Å². The van der Waals surface area contributed by atoms with Crippen LogP contribution >= 0.6 is 12.4 Å². The number of rotatable bonds is 7. The van der Waals surface area contributed by atoms with E-state index in [1.807, 2.05) is 44.3 Å². The van der Waals surface area contributed by atoms with Crippen molar-refractivity contribution >= 4 is 29.1 Å². The van der Waals surface area contributed by atoms with Gasteiger partial charge < -0.3 is 15.4 Å². The molecule has 0 aromatic heterocycles. The Bertz CT molecular complexity index is 604. The number of amides is 1. The quantitative estimate of drug-likeness (QED) is 0.770. The van der Waals surface area contributed by atoms with Crippen LogP contribution < -0.4 is 15.4 Å². The maximum absolute atomic E-state index is 11.7. The molecule has 22 heavy (non-hydrogen) atoms. The predicted molar refractivity (Wildman–Crippen MR) is 92.8 cm³/mol. The summed E-state index contributed by atoms with van der Waals surface area (Å²) < 4.78 is 5.67. The fourth-order valence-corrected chi connectivity index (χ4v) is 2.17. The van der Waals surface area contributed by atoms with Crippen LogP contribution in [0.15, 0.2) is 42.5 Å². The smallest absolute Gasteiger partial charge is 0.224 e. The summed E-state index contributed by atoms with van der Waals surface area (Å²) in [5.74, 6) is 0.841. The Labute approximate surface area is 137 Å². The predicted octanol–water partition coefficient (Wildman–Crippen LogP) is 2.61. The van der Waals surface area contributed by atoms with Crippen LogP contribution in [0, 0.1) is 5.92 Å². The van der Waals surface area contributed by atoms with Crippen molar-refractivity contribution in [2.75, 3.05) is 26.7 Å². The SMILES string of the molecule is CNCC(C)C(=O)NCCOc1ccc2ccccc2c1.Cl. The maximum atomic E-state index is 11.7. The van der Waals surface area contributed by atoms with Gasteiger partial charge >= 0.3 is 0 Å². The molecule has 0 heterocycles. The van der Waals surface area contributed by atoms with E-state index in [-0.39, 0.29) is 24.2 Å². The summed E-state index contributed by atoms with van der Waals surface area (Å²) in [4.78, 5) is 11.7. The van der Waals surface area contributed by atoms with Crippen LogP contribution in [0.25, 0.3) is 10.8 Å². The molecule has 1 atom stereocenters. The maximum Gasteiger partial charge on any atom is 0.224 e. The van der Waals surface area contributed by atoms with E-state index in [9.17, 15) is 4.79 Å². The Balaban J connectivity index is 0.00000242. The van der Waals surface area contributed by atoms with Crippen LogP contribution in [0.1, 0.15) is 6.92 Å². The summed E-state index contributed by atoms with van der Waals surface area (Å²) in [6, 6.07) is 14.2. The van der Waals surface area contributed by atoms with E-state index >= 15 is 0 Å². The average molecular weight is 323 g/mol. The molecule has 2 N–H and O–H groups in total. The lowest BCUT2D eigenvalue weighted by molar-refractivity contribution is -0.124. The van der Waals surface area contributed by atoms with Crippen molar-refractivity contribution in [1.29, 1.82) is 0 Å². The normalized spacial score (nSPS) is 11.5. The number of fused-ring (bicyclic) bond motifs is 1. The van der Waals surface area contributed by atoms with E-state index in [1.54, 1.807) is 0 Å². The van der Waals surface area contributed by atoms with E-state index < -0.39 is 0 Å². The summed E-state index contributed by atoms with van der Waals surface area (Å²) in [5.41, 5.74) is 0. The van der Waals surface area contributed by atoms with Gasteiger partial charge in [0.05, 0.1) is 6.54 Å². The van der Waals surface area contributed by atoms with Crippen molar-refractivity contribution in [3.05, 3.63) is 42.5 Å². The first-order valence-electron chi connectivity index (χ1n) is 7.24. The molecule has 2 rings (SSSR count). The van der Waals surface area contributed by atoms with E-state index in [0.29, 0.717) is 19.7 Å². The molecule has 0 fully saturated rings. The Kier molecular flexibility index (Phi) is 7.71. The summed E-state index contributed by atoms with van der Waals surface area (Å²) in [5, 5.41) is 8.21. The minimum absolute atomic E-state index is 0. The molecular weight excluding hydrogens is 300 g/mol. The number of carbonyl (C=O) groups is 1. The molecule has 0 bridgehead atoms. The zero-order valence-corrected chi connectivity index (χ0v) is 13.8. The molecule has 120 valence electrons. The van der Waals surface area contributed by atoms with Crippen LogP contribution in [0.5, 0.6) is 5.75 Å². The van der Waals surface area contributed by atoms with Crippen molar-refractivity contribution in [2.24, 2.45) is 5.92 Å². The summed E-state index contributed by atoms with van der Waals surface area (Å²) in [6.07, 6.45) is 0. The van der Waals surface area contributed by atoms with Gasteiger partial charge in [0.2, 0.25) is 5.91 Å². The molecule has 5 heteroatoms. The van der Waals surface area contributed by atoms with Gasteiger partial charge in [-0.2, -0.15) is 0 Å². The Morgan fingerprint density at radius 2 is 1.91 bits per heavy atom. The van der Waals surface area contributed by atoms with Crippen molar-refractivity contribution in [2.45, 2.75) is 6.92 Å².